The van der Waals surface area contributed by atoms with Crippen molar-refractivity contribution >= 4 is 53.3 Å². The van der Waals surface area contributed by atoms with Crippen molar-refractivity contribution < 1.29 is 51.6 Å². The Morgan fingerprint density at radius 3 is 2.43 bits per heavy atom. The summed E-state index contributed by atoms with van der Waals surface area (Å²) in [5, 5.41) is 18.3. The highest BCUT2D eigenvalue weighted by atomic mass is 32.2. The molecule has 12 nitrogen and oxygen atoms in total. The Balaban J connectivity index is 2.35. The average Bonchev–Trinajstić information content (AvgIpc) is 2.85. The molecule has 0 amide bonds. The van der Waals surface area contributed by atoms with E-state index in [0.717, 1.165) is 22.7 Å². The smallest absolute Gasteiger partial charge is 0.387 e. The van der Waals surface area contributed by atoms with Gasteiger partial charge in [0.15, 0.2) is 6.23 Å². The van der Waals surface area contributed by atoms with Crippen LogP contribution in [0.4, 0.5) is 0 Å². The highest BCUT2D eigenvalue weighted by Crippen LogP contribution is 2.38. The van der Waals surface area contributed by atoms with Gasteiger partial charge in [0.25, 0.3) is 10.1 Å². The molecule has 0 bridgehead atoms. The lowest BCUT2D eigenvalue weighted by Gasteiger charge is -2.32. The zero-order chi connectivity index (χ0) is 21.4. The van der Waals surface area contributed by atoms with Gasteiger partial charge < -0.3 is 29.6 Å². The Hall–Kier alpha value is -0.710. The van der Waals surface area contributed by atoms with Gasteiger partial charge >= 0.3 is 7.82 Å². The van der Waals surface area contributed by atoms with Crippen LogP contribution in [-0.4, -0.2) is 84.7 Å². The van der Waals surface area contributed by atoms with Crippen LogP contribution in [0, 0.1) is 0 Å². The number of carbonyl (C=O) groups is 1. The quantitative estimate of drug-likeness (QED) is 0.106. The minimum absolute atomic E-state index is 0.211. The lowest BCUT2D eigenvalue weighted by atomic mass is 10.0. The summed E-state index contributed by atoms with van der Waals surface area (Å²) in [5.41, 5.74) is -0.706. The third-order valence-electron chi connectivity index (χ3n) is 3.89. The number of ether oxygens (including phenoxy) is 1. The Morgan fingerprint density at radius 2 is 1.96 bits per heavy atom. The van der Waals surface area contributed by atoms with Gasteiger partial charge in [-0.2, -0.15) is 8.42 Å². The normalized spacial score (nSPS) is 31.4. The number of thiocarbonyl (C=S) groups is 1. The van der Waals surface area contributed by atoms with E-state index in [0.29, 0.717) is 0 Å². The molecule has 0 spiro atoms. The second-order valence-electron chi connectivity index (χ2n) is 5.81. The number of phosphoric ester groups is 1. The summed E-state index contributed by atoms with van der Waals surface area (Å²) in [6.45, 7) is -0.758. The standard InChI is InChI=1S/C12H16NO11PS3/c14-8-7(3-23-25(17,18)19)24-11(9(8)15)13-1-5(4-26)10(28(20,21)22)6(2-13)12(16)27/h1-2,4,7-11,14-15H,3H2,(H,16,27)(H2,17,18,19)(H,20,21,22)/t7-,8-,9-,10-,11-/m1/s1. The lowest BCUT2D eigenvalue weighted by Crippen LogP contribution is -2.43. The van der Waals surface area contributed by atoms with Crippen molar-refractivity contribution in [1.82, 2.24) is 4.90 Å². The molecule has 28 heavy (non-hydrogen) atoms. The van der Waals surface area contributed by atoms with Crippen LogP contribution < -0.4 is 0 Å². The third-order valence-corrected chi connectivity index (χ3v) is 6.03. The molecule has 0 aromatic rings. The highest BCUT2D eigenvalue weighted by molar-refractivity contribution is 7.97. The first-order chi connectivity index (χ1) is 12.8. The maximum absolute atomic E-state index is 11.8. The van der Waals surface area contributed by atoms with E-state index in [2.05, 4.69) is 17.2 Å². The molecule has 2 rings (SSSR count). The molecule has 158 valence electrons. The van der Waals surface area contributed by atoms with Gasteiger partial charge in [-0.05, 0) is 0 Å². The molecule has 2 heterocycles. The van der Waals surface area contributed by atoms with E-state index >= 15 is 0 Å². The van der Waals surface area contributed by atoms with E-state index in [1.165, 1.54) is 0 Å². The first-order valence-electron chi connectivity index (χ1n) is 7.33. The molecule has 5 N–H and O–H groups in total. The molecule has 0 aliphatic carbocycles. The number of hydrogen-bond acceptors (Lipinski definition) is 10. The number of nitrogens with zero attached hydrogens (tertiary/aromatic N) is 1. The van der Waals surface area contributed by atoms with Gasteiger partial charge in [-0.25, -0.2) is 4.57 Å². The molecule has 1 fully saturated rings. The summed E-state index contributed by atoms with van der Waals surface area (Å²) >= 11 is 8.30. The molecule has 2 aliphatic rings. The Labute approximate surface area is 169 Å². The molecule has 0 aromatic carbocycles. The number of carbonyl (C=O) groups excluding carboxylic acids is 1. The molecular formula is C12H16NO11PS3. The minimum Gasteiger partial charge on any atom is -0.387 e. The van der Waals surface area contributed by atoms with Gasteiger partial charge in [0.05, 0.1) is 6.61 Å². The van der Waals surface area contributed by atoms with E-state index in [9.17, 15) is 32.5 Å². The van der Waals surface area contributed by atoms with Gasteiger partial charge in [-0.15, -0.1) is 12.6 Å². The SMILES string of the molecule is O=C(S)C1=CN([C@@H]2O[C@H](COP(=O)(O)O)[C@@H](O)[C@H]2O)C=C(C=S)[C@H]1S(=O)(=O)O. The van der Waals surface area contributed by atoms with E-state index in [1.807, 2.05) is 0 Å². The summed E-state index contributed by atoms with van der Waals surface area (Å²) in [4.78, 5) is 30.2. The fourth-order valence-corrected chi connectivity index (χ4v) is 4.57. The topological polar surface area (TPSA) is 191 Å². The van der Waals surface area contributed by atoms with E-state index in [-0.39, 0.29) is 5.57 Å². The Bertz CT molecular complexity index is 866. The average molecular weight is 477 g/mol. The fraction of sp³-hybridized carbons (Fsp3) is 0.500. The molecule has 16 heteroatoms. The van der Waals surface area contributed by atoms with Crippen molar-refractivity contribution in [2.45, 2.75) is 29.8 Å². The number of hydrogen-bond donors (Lipinski definition) is 6. The number of rotatable bonds is 7. The second kappa shape index (κ2) is 8.57. The van der Waals surface area contributed by atoms with Crippen molar-refractivity contribution in [2.24, 2.45) is 0 Å². The van der Waals surface area contributed by atoms with Gasteiger partial charge in [0, 0.05) is 28.9 Å². The van der Waals surface area contributed by atoms with Crippen LogP contribution in [-0.2, 0) is 28.7 Å². The van der Waals surface area contributed by atoms with Crippen LogP contribution in [0.15, 0.2) is 23.5 Å². The largest absolute Gasteiger partial charge is 0.469 e. The van der Waals surface area contributed by atoms with Gasteiger partial charge in [-0.3, -0.25) is 13.9 Å². The van der Waals surface area contributed by atoms with Gasteiger partial charge in [-0.1, -0.05) is 12.2 Å². The lowest BCUT2D eigenvalue weighted by molar-refractivity contribution is -0.108. The van der Waals surface area contributed by atoms with Crippen LogP contribution in [0.3, 0.4) is 0 Å². The highest BCUT2D eigenvalue weighted by Gasteiger charge is 2.47. The van der Waals surface area contributed by atoms with Crippen LogP contribution in [0.1, 0.15) is 0 Å². The van der Waals surface area contributed by atoms with Crippen LogP contribution in [0.5, 0.6) is 0 Å². The summed E-state index contributed by atoms with van der Waals surface area (Å²) in [7, 11) is -9.64. The van der Waals surface area contributed by atoms with Gasteiger partial charge in [0.1, 0.15) is 23.6 Å². The maximum atomic E-state index is 11.8. The Kier molecular flexibility index (Phi) is 7.22. The molecule has 0 unspecified atom stereocenters. The molecule has 5 atom stereocenters. The first kappa shape index (κ1) is 23.6. The maximum Gasteiger partial charge on any atom is 0.469 e. The molecule has 2 aliphatic heterocycles. The monoisotopic (exact) mass is 477 g/mol. The predicted molar refractivity (Wildman–Crippen MR) is 99.7 cm³/mol. The van der Waals surface area contributed by atoms with E-state index in [4.69, 9.17) is 26.7 Å². The fourth-order valence-electron chi connectivity index (χ4n) is 2.71. The van der Waals surface area contributed by atoms with Crippen molar-refractivity contribution in [2.75, 3.05) is 6.61 Å². The number of aliphatic hydroxyl groups is 2. The molecule has 0 aromatic heterocycles. The number of aliphatic hydroxyl groups excluding tert-OH is 2. The van der Waals surface area contributed by atoms with Crippen molar-refractivity contribution in [3.8, 4) is 0 Å². The zero-order valence-corrected chi connectivity index (χ0v) is 17.1. The zero-order valence-electron chi connectivity index (χ0n) is 13.7. The number of phosphoric acid groups is 1. The van der Waals surface area contributed by atoms with Gasteiger partial charge in [0.2, 0.25) is 5.12 Å². The van der Waals surface area contributed by atoms with Crippen molar-refractivity contribution in [3.63, 3.8) is 0 Å². The Morgan fingerprint density at radius 1 is 1.36 bits per heavy atom. The summed E-state index contributed by atoms with van der Waals surface area (Å²) in [5.74, 6) is 0. The van der Waals surface area contributed by atoms with Crippen LogP contribution in [0.25, 0.3) is 0 Å². The predicted octanol–water partition coefficient (Wildman–Crippen LogP) is -1.66. The second-order valence-corrected chi connectivity index (χ2v) is 9.19. The third kappa shape index (κ3) is 5.25. The molecule has 1 saturated heterocycles. The summed E-state index contributed by atoms with van der Waals surface area (Å²) in [6.07, 6.45) is -4.00. The van der Waals surface area contributed by atoms with E-state index in [1.54, 1.807) is 0 Å². The summed E-state index contributed by atoms with van der Waals surface area (Å²) < 4.78 is 53.1. The van der Waals surface area contributed by atoms with Crippen molar-refractivity contribution in [1.29, 1.82) is 0 Å². The van der Waals surface area contributed by atoms with E-state index < -0.39 is 65.0 Å². The molecule has 0 radical (unpaired) electrons. The molecular weight excluding hydrogens is 461 g/mol. The number of thiol groups is 1. The summed E-state index contributed by atoms with van der Waals surface area (Å²) in [6, 6.07) is 0. The van der Waals surface area contributed by atoms with Crippen LogP contribution in [0.2, 0.25) is 0 Å². The minimum atomic E-state index is -4.86. The van der Waals surface area contributed by atoms with Crippen LogP contribution >= 0.6 is 32.7 Å². The first-order valence-corrected chi connectivity index (χ1v) is 11.3. The molecule has 0 saturated carbocycles. The van der Waals surface area contributed by atoms with Crippen molar-refractivity contribution in [3.05, 3.63) is 23.5 Å².